The fourth-order valence-corrected chi connectivity index (χ4v) is 4.34. The number of esters is 1. The van der Waals surface area contributed by atoms with Gasteiger partial charge in [0.2, 0.25) is 0 Å². The molecule has 0 saturated carbocycles. The minimum absolute atomic E-state index is 0.0136. The molecule has 1 aliphatic carbocycles. The molecule has 1 aromatic heterocycles. The van der Waals surface area contributed by atoms with Crippen molar-refractivity contribution in [2.45, 2.75) is 18.3 Å². The van der Waals surface area contributed by atoms with Crippen molar-refractivity contribution >= 4 is 50.3 Å². The summed E-state index contributed by atoms with van der Waals surface area (Å²) < 4.78 is 61.8. The van der Waals surface area contributed by atoms with Gasteiger partial charge in [-0.3, -0.25) is 4.79 Å². The molecule has 11 heteroatoms. The molecular formula is C23H14BrClF4N2O3. The fourth-order valence-electron chi connectivity index (χ4n) is 3.74. The first-order chi connectivity index (χ1) is 16.0. The molecule has 2 aromatic carbocycles. The predicted octanol–water partition coefficient (Wildman–Crippen LogP) is 6.25. The van der Waals surface area contributed by atoms with Gasteiger partial charge in [0.25, 0.3) is 5.91 Å². The first kappa shape index (κ1) is 24.2. The Kier molecular flexibility index (Phi) is 6.39. The molecule has 2 atom stereocenters. The largest absolute Gasteiger partial charge is 0.465 e. The highest BCUT2D eigenvalue weighted by atomic mass is 79.9. The van der Waals surface area contributed by atoms with Gasteiger partial charge in [-0.25, -0.2) is 9.18 Å². The highest BCUT2D eigenvalue weighted by Gasteiger charge is 2.38. The lowest BCUT2D eigenvalue weighted by atomic mass is 9.90. The van der Waals surface area contributed by atoms with Crippen molar-refractivity contribution in [3.8, 4) is 0 Å². The zero-order chi connectivity index (χ0) is 24.8. The Hall–Kier alpha value is -2.98. The van der Waals surface area contributed by atoms with E-state index in [-0.39, 0.29) is 16.8 Å². The van der Waals surface area contributed by atoms with E-state index in [2.05, 4.69) is 25.8 Å². The van der Waals surface area contributed by atoms with Crippen LogP contribution in [0.15, 0.2) is 64.7 Å². The van der Waals surface area contributed by atoms with Crippen LogP contribution in [0.2, 0.25) is 5.02 Å². The van der Waals surface area contributed by atoms with Gasteiger partial charge in [-0.15, -0.1) is 0 Å². The van der Waals surface area contributed by atoms with Crippen LogP contribution in [-0.4, -0.2) is 34.9 Å². The van der Waals surface area contributed by atoms with E-state index in [9.17, 15) is 22.8 Å². The van der Waals surface area contributed by atoms with Gasteiger partial charge in [0.15, 0.2) is 0 Å². The highest BCUT2D eigenvalue weighted by molar-refractivity contribution is 9.10. The Morgan fingerprint density at radius 2 is 1.94 bits per heavy atom. The molecule has 1 heterocycles. The number of carbonyl (C=O) groups excluding carboxylic acids is 2. The minimum Gasteiger partial charge on any atom is -0.465 e. The molecule has 5 nitrogen and oxygen atoms in total. The molecule has 2 unspecified atom stereocenters. The van der Waals surface area contributed by atoms with E-state index in [1.807, 2.05) is 0 Å². The molecular weight excluding hydrogens is 544 g/mol. The lowest BCUT2D eigenvalue weighted by Crippen LogP contribution is -2.21. The Morgan fingerprint density at radius 1 is 1.21 bits per heavy atom. The summed E-state index contributed by atoms with van der Waals surface area (Å²) in [5.41, 5.74) is -1.70. The van der Waals surface area contributed by atoms with Crippen LogP contribution in [0, 0.1) is 0 Å². The van der Waals surface area contributed by atoms with Crippen molar-refractivity contribution in [2.75, 3.05) is 7.11 Å². The van der Waals surface area contributed by atoms with E-state index in [0.29, 0.717) is 9.86 Å². The van der Waals surface area contributed by atoms with E-state index in [1.165, 1.54) is 31.4 Å². The summed E-state index contributed by atoms with van der Waals surface area (Å²) in [4.78, 5) is 25.1. The van der Waals surface area contributed by atoms with Crippen LogP contribution in [-0.2, 0) is 15.7 Å². The molecule has 0 bridgehead atoms. The van der Waals surface area contributed by atoms with Crippen LogP contribution in [0.5, 0.6) is 0 Å². The number of halogens is 6. The second-order valence-corrected chi connectivity index (χ2v) is 8.69. The third-order valence-corrected chi connectivity index (χ3v) is 6.11. The Labute approximate surface area is 203 Å². The molecule has 0 radical (unpaired) electrons. The van der Waals surface area contributed by atoms with E-state index in [1.54, 1.807) is 12.1 Å². The number of allylic oxidation sites excluding steroid dienone is 2. The van der Waals surface area contributed by atoms with Gasteiger partial charge in [0.1, 0.15) is 6.17 Å². The van der Waals surface area contributed by atoms with Crippen molar-refractivity contribution in [3.63, 3.8) is 0 Å². The van der Waals surface area contributed by atoms with Crippen molar-refractivity contribution in [2.24, 2.45) is 0 Å². The van der Waals surface area contributed by atoms with E-state index in [4.69, 9.17) is 11.6 Å². The van der Waals surface area contributed by atoms with Crippen LogP contribution in [0.1, 0.15) is 27.5 Å². The van der Waals surface area contributed by atoms with Gasteiger partial charge in [0, 0.05) is 9.86 Å². The molecule has 0 N–H and O–H groups in total. The van der Waals surface area contributed by atoms with Crippen LogP contribution < -0.4 is 0 Å². The number of rotatable bonds is 3. The van der Waals surface area contributed by atoms with Crippen LogP contribution in [0.3, 0.4) is 0 Å². The lowest BCUT2D eigenvalue weighted by molar-refractivity contribution is -0.138. The summed E-state index contributed by atoms with van der Waals surface area (Å²) in [6.07, 6.45) is -2.71. The number of benzene rings is 2. The number of hydrogen-bond donors (Lipinski definition) is 0. The average Bonchev–Trinajstić information content (AvgIpc) is 3.15. The Bertz CT molecular complexity index is 1380. The average molecular weight is 558 g/mol. The maximum absolute atomic E-state index is 15.1. The van der Waals surface area contributed by atoms with Crippen LogP contribution in [0.25, 0.3) is 10.9 Å². The summed E-state index contributed by atoms with van der Waals surface area (Å²) in [7, 11) is 1.17. The van der Waals surface area contributed by atoms with Gasteiger partial charge in [-0.05, 0) is 36.4 Å². The second kappa shape index (κ2) is 8.99. The maximum atomic E-state index is 15.1. The quantitative estimate of drug-likeness (QED) is 0.282. The zero-order valence-electron chi connectivity index (χ0n) is 17.2. The number of alkyl halides is 4. The number of aromatic nitrogens is 2. The van der Waals surface area contributed by atoms with E-state index < -0.39 is 46.3 Å². The fraction of sp³-hybridized carbons (Fsp3) is 0.174. The van der Waals surface area contributed by atoms with Crippen LogP contribution in [0.4, 0.5) is 17.6 Å². The number of nitrogens with zero attached hydrogens (tertiary/aromatic N) is 2. The van der Waals surface area contributed by atoms with Gasteiger partial charge < -0.3 is 4.74 Å². The molecule has 176 valence electrons. The molecule has 0 saturated heterocycles. The van der Waals surface area contributed by atoms with Gasteiger partial charge >= 0.3 is 12.1 Å². The van der Waals surface area contributed by atoms with Gasteiger partial charge in [-0.1, -0.05) is 45.7 Å². The highest BCUT2D eigenvalue weighted by Crippen LogP contribution is 2.38. The van der Waals surface area contributed by atoms with Gasteiger partial charge in [0.05, 0.1) is 46.0 Å². The molecule has 0 spiro atoms. The summed E-state index contributed by atoms with van der Waals surface area (Å²) in [6, 6.07) is 7.72. The first-order valence-corrected chi connectivity index (χ1v) is 10.9. The Morgan fingerprint density at radius 3 is 2.59 bits per heavy atom. The monoisotopic (exact) mass is 556 g/mol. The first-order valence-electron chi connectivity index (χ1n) is 9.74. The number of fused-ring (bicyclic) bond motifs is 1. The summed E-state index contributed by atoms with van der Waals surface area (Å²) >= 11 is 9.28. The van der Waals surface area contributed by atoms with E-state index >= 15 is 4.39 Å². The van der Waals surface area contributed by atoms with E-state index in [0.717, 1.165) is 22.9 Å². The third kappa shape index (κ3) is 4.27. The minimum atomic E-state index is -4.84. The molecule has 1 aliphatic rings. The molecule has 0 fully saturated rings. The van der Waals surface area contributed by atoms with Crippen molar-refractivity contribution in [3.05, 3.63) is 86.5 Å². The second-order valence-electron chi connectivity index (χ2n) is 7.37. The number of ether oxygens (including phenoxy) is 1. The SMILES string of the molecule is COC(=O)C1=CC(F)C(c2nn(C(=O)c3c(Cl)cccc3C(F)(F)F)c3cc(Br)ccc23)C=C1. The van der Waals surface area contributed by atoms with Crippen molar-refractivity contribution in [1.82, 2.24) is 9.78 Å². The molecule has 34 heavy (non-hydrogen) atoms. The molecule has 0 amide bonds. The van der Waals surface area contributed by atoms with Gasteiger partial charge in [-0.2, -0.15) is 23.0 Å². The smallest absolute Gasteiger partial charge is 0.417 e. The van der Waals surface area contributed by atoms with Crippen molar-refractivity contribution < 1.29 is 31.9 Å². The van der Waals surface area contributed by atoms with Crippen LogP contribution >= 0.6 is 27.5 Å². The number of carbonyl (C=O) groups is 2. The number of hydrogen-bond acceptors (Lipinski definition) is 4. The molecule has 4 rings (SSSR count). The number of methoxy groups -OCH3 is 1. The summed E-state index contributed by atoms with van der Waals surface area (Å²) in [5, 5.41) is 4.17. The topological polar surface area (TPSA) is 61.2 Å². The Balaban J connectivity index is 1.88. The normalized spacial score (nSPS) is 18.1. The standard InChI is InChI=1S/C23H14BrClF4N2O3/c1-34-22(33)11-5-7-13(17(26)9-11)20-14-8-6-12(24)10-18(14)31(30-20)21(32)19-15(23(27,28)29)3-2-4-16(19)25/h2-10,13,17H,1H3. The maximum Gasteiger partial charge on any atom is 0.417 e. The molecule has 0 aliphatic heterocycles. The zero-order valence-corrected chi connectivity index (χ0v) is 19.6. The predicted molar refractivity (Wildman–Crippen MR) is 120 cm³/mol. The third-order valence-electron chi connectivity index (χ3n) is 5.30. The molecule has 3 aromatic rings. The summed E-state index contributed by atoms with van der Waals surface area (Å²) in [6.45, 7) is 0. The summed E-state index contributed by atoms with van der Waals surface area (Å²) in [5.74, 6) is -2.84. The van der Waals surface area contributed by atoms with Crippen molar-refractivity contribution in [1.29, 1.82) is 0 Å². The lowest BCUT2D eigenvalue weighted by Gasteiger charge is -2.18.